The van der Waals surface area contributed by atoms with E-state index in [1.54, 1.807) is 12.1 Å². The molecule has 0 saturated carbocycles. The molecule has 3 rings (SSSR count). The van der Waals surface area contributed by atoms with Crippen molar-refractivity contribution in [1.82, 2.24) is 4.31 Å². The quantitative estimate of drug-likeness (QED) is 0.505. The fourth-order valence-electron chi connectivity index (χ4n) is 3.27. The van der Waals surface area contributed by atoms with Crippen molar-refractivity contribution in [2.75, 3.05) is 5.32 Å². The number of hydrogen-bond donors (Lipinski definition) is 1. The predicted molar refractivity (Wildman–Crippen MR) is 126 cm³/mol. The smallest absolute Gasteiger partial charge is 0.243 e. The molecular formula is C25H28N2O4S. The molecule has 1 N–H and O–H groups in total. The first-order valence-electron chi connectivity index (χ1n) is 10.4. The number of nitrogens with one attached hydrogen (secondary N) is 1. The van der Waals surface area contributed by atoms with Gasteiger partial charge in [-0.3, -0.25) is 4.79 Å². The summed E-state index contributed by atoms with van der Waals surface area (Å²) in [6, 6.07) is 23.2. The highest BCUT2D eigenvalue weighted by Gasteiger charge is 2.28. The number of ether oxygens (including phenoxy) is 1. The van der Waals surface area contributed by atoms with Crippen LogP contribution in [0.4, 0.5) is 5.69 Å². The van der Waals surface area contributed by atoms with Crippen LogP contribution in [0.5, 0.6) is 5.75 Å². The molecule has 0 unspecified atom stereocenters. The minimum atomic E-state index is -3.76. The van der Waals surface area contributed by atoms with Gasteiger partial charge in [0, 0.05) is 30.8 Å². The topological polar surface area (TPSA) is 75.7 Å². The molecule has 0 heterocycles. The van der Waals surface area contributed by atoms with Gasteiger partial charge >= 0.3 is 0 Å². The van der Waals surface area contributed by atoms with Gasteiger partial charge in [-0.1, -0.05) is 48.5 Å². The van der Waals surface area contributed by atoms with Gasteiger partial charge in [0.2, 0.25) is 15.9 Å². The van der Waals surface area contributed by atoms with Crippen LogP contribution in [0.1, 0.15) is 31.9 Å². The second-order valence-corrected chi connectivity index (χ2v) is 9.62. The van der Waals surface area contributed by atoms with Crippen LogP contribution in [-0.2, 0) is 28.0 Å². The van der Waals surface area contributed by atoms with Crippen molar-refractivity contribution in [3.8, 4) is 5.75 Å². The third-order valence-corrected chi connectivity index (χ3v) is 6.93. The van der Waals surface area contributed by atoms with E-state index in [0.29, 0.717) is 18.0 Å². The van der Waals surface area contributed by atoms with Gasteiger partial charge in [0.25, 0.3) is 0 Å². The summed E-state index contributed by atoms with van der Waals surface area (Å²) in [4.78, 5) is 11.4. The lowest BCUT2D eigenvalue weighted by atomic mass is 10.2. The van der Waals surface area contributed by atoms with Crippen LogP contribution >= 0.6 is 0 Å². The number of benzene rings is 3. The average Bonchev–Trinajstić information content (AvgIpc) is 2.77. The minimum Gasteiger partial charge on any atom is -0.489 e. The first kappa shape index (κ1) is 23.5. The van der Waals surface area contributed by atoms with Crippen LogP contribution in [0.15, 0.2) is 83.8 Å². The van der Waals surface area contributed by atoms with E-state index in [9.17, 15) is 13.2 Å². The van der Waals surface area contributed by atoms with E-state index in [0.717, 1.165) is 11.1 Å². The van der Waals surface area contributed by atoms with E-state index < -0.39 is 10.0 Å². The Labute approximate surface area is 189 Å². The molecule has 0 saturated heterocycles. The third kappa shape index (κ3) is 5.96. The van der Waals surface area contributed by atoms with Gasteiger partial charge < -0.3 is 10.1 Å². The maximum Gasteiger partial charge on any atom is 0.243 e. The number of nitrogens with zero attached hydrogens (tertiary/aromatic N) is 1. The summed E-state index contributed by atoms with van der Waals surface area (Å²) in [5, 5.41) is 2.65. The number of rotatable bonds is 9. The fraction of sp³-hybridized carbons (Fsp3) is 0.240. The summed E-state index contributed by atoms with van der Waals surface area (Å²) in [7, 11) is -3.76. The Kier molecular flexibility index (Phi) is 7.66. The van der Waals surface area contributed by atoms with Gasteiger partial charge in [-0.15, -0.1) is 0 Å². The summed E-state index contributed by atoms with van der Waals surface area (Å²) in [6.45, 7) is 5.67. The molecule has 3 aromatic carbocycles. The van der Waals surface area contributed by atoms with Crippen molar-refractivity contribution in [2.45, 2.75) is 44.9 Å². The molecule has 0 aromatic heterocycles. The Hall–Kier alpha value is -3.16. The molecule has 0 bridgehead atoms. The van der Waals surface area contributed by atoms with Crippen molar-refractivity contribution in [3.05, 3.63) is 90.0 Å². The number of anilines is 1. The van der Waals surface area contributed by atoms with Crippen molar-refractivity contribution in [3.63, 3.8) is 0 Å². The lowest BCUT2D eigenvalue weighted by Gasteiger charge is -2.27. The normalized spacial score (nSPS) is 11.5. The van der Waals surface area contributed by atoms with Crippen LogP contribution in [0, 0.1) is 0 Å². The molecule has 0 radical (unpaired) electrons. The Morgan fingerprint density at radius 3 is 2.19 bits per heavy atom. The SMILES string of the molecule is CC(=O)Nc1ccc(S(=O)(=O)N(Cc2ccccc2OCc2ccccc2)C(C)C)cc1. The number of para-hydroxylation sites is 1. The van der Waals surface area contributed by atoms with E-state index in [2.05, 4.69) is 5.32 Å². The molecule has 0 aliphatic heterocycles. The zero-order valence-corrected chi connectivity index (χ0v) is 19.3. The second-order valence-electron chi connectivity index (χ2n) is 7.73. The summed E-state index contributed by atoms with van der Waals surface area (Å²) in [5.74, 6) is 0.440. The van der Waals surface area contributed by atoms with E-state index in [1.165, 1.54) is 23.4 Å². The predicted octanol–water partition coefficient (Wildman–Crippen LogP) is 4.82. The molecule has 0 fully saturated rings. The first-order chi connectivity index (χ1) is 15.3. The van der Waals surface area contributed by atoms with Crippen molar-refractivity contribution < 1.29 is 17.9 Å². The van der Waals surface area contributed by atoms with E-state index >= 15 is 0 Å². The van der Waals surface area contributed by atoms with Gasteiger partial charge in [-0.05, 0) is 49.7 Å². The summed E-state index contributed by atoms with van der Waals surface area (Å²) >= 11 is 0. The molecule has 3 aromatic rings. The second kappa shape index (κ2) is 10.4. The molecular weight excluding hydrogens is 424 g/mol. The Morgan fingerprint density at radius 1 is 0.938 bits per heavy atom. The lowest BCUT2D eigenvalue weighted by molar-refractivity contribution is -0.114. The maximum atomic E-state index is 13.4. The Balaban J connectivity index is 1.83. The van der Waals surface area contributed by atoms with Crippen molar-refractivity contribution in [2.24, 2.45) is 0 Å². The molecule has 0 spiro atoms. The van der Waals surface area contributed by atoms with Gasteiger partial charge in [-0.2, -0.15) is 4.31 Å². The Bertz CT molecular complexity index is 1140. The third-order valence-electron chi connectivity index (χ3n) is 4.89. The van der Waals surface area contributed by atoms with E-state index in [1.807, 2.05) is 68.4 Å². The average molecular weight is 453 g/mol. The summed E-state index contributed by atoms with van der Waals surface area (Å²) in [6.07, 6.45) is 0. The first-order valence-corrected chi connectivity index (χ1v) is 11.9. The number of carbonyl (C=O) groups is 1. The standard InChI is InChI=1S/C25H28N2O4S/c1-19(2)27(32(29,30)24-15-13-23(14-16-24)26-20(3)28)17-22-11-7-8-12-25(22)31-18-21-9-5-4-6-10-21/h4-16,19H,17-18H2,1-3H3,(H,26,28). The van der Waals surface area contributed by atoms with Gasteiger partial charge in [0.15, 0.2) is 0 Å². The molecule has 168 valence electrons. The summed E-state index contributed by atoms with van der Waals surface area (Å²) < 4.78 is 34.3. The molecule has 32 heavy (non-hydrogen) atoms. The highest BCUT2D eigenvalue weighted by molar-refractivity contribution is 7.89. The highest BCUT2D eigenvalue weighted by atomic mass is 32.2. The minimum absolute atomic E-state index is 0.169. The molecule has 0 aliphatic carbocycles. The number of sulfonamides is 1. The molecule has 0 aliphatic rings. The van der Waals surface area contributed by atoms with Gasteiger partial charge in [-0.25, -0.2) is 8.42 Å². The van der Waals surface area contributed by atoms with E-state index in [4.69, 9.17) is 4.74 Å². The number of carbonyl (C=O) groups excluding carboxylic acids is 1. The highest BCUT2D eigenvalue weighted by Crippen LogP contribution is 2.27. The van der Waals surface area contributed by atoms with Crippen LogP contribution in [-0.4, -0.2) is 24.7 Å². The zero-order valence-electron chi connectivity index (χ0n) is 18.5. The largest absolute Gasteiger partial charge is 0.489 e. The summed E-state index contributed by atoms with van der Waals surface area (Å²) in [5.41, 5.74) is 2.37. The van der Waals surface area contributed by atoms with Gasteiger partial charge in [0.05, 0.1) is 4.90 Å². The van der Waals surface area contributed by atoms with Crippen LogP contribution in [0.2, 0.25) is 0 Å². The fourth-order valence-corrected chi connectivity index (χ4v) is 4.89. The van der Waals surface area contributed by atoms with Crippen molar-refractivity contribution >= 4 is 21.6 Å². The van der Waals surface area contributed by atoms with Crippen LogP contribution in [0.3, 0.4) is 0 Å². The number of amides is 1. The van der Waals surface area contributed by atoms with Crippen LogP contribution in [0.25, 0.3) is 0 Å². The monoisotopic (exact) mass is 452 g/mol. The lowest BCUT2D eigenvalue weighted by Crippen LogP contribution is -2.36. The van der Waals surface area contributed by atoms with E-state index in [-0.39, 0.29) is 23.4 Å². The maximum absolute atomic E-state index is 13.4. The van der Waals surface area contributed by atoms with Gasteiger partial charge in [0.1, 0.15) is 12.4 Å². The zero-order chi connectivity index (χ0) is 23.1. The van der Waals surface area contributed by atoms with Crippen molar-refractivity contribution in [1.29, 1.82) is 0 Å². The molecule has 0 atom stereocenters. The Morgan fingerprint density at radius 2 is 1.56 bits per heavy atom. The number of hydrogen-bond acceptors (Lipinski definition) is 4. The molecule has 7 heteroatoms. The molecule has 1 amide bonds. The van der Waals surface area contributed by atoms with Crippen LogP contribution < -0.4 is 10.1 Å². The molecule has 6 nitrogen and oxygen atoms in total.